The molecule has 1 rings (SSSR count). The third-order valence-corrected chi connectivity index (χ3v) is 0.900. The Morgan fingerprint density at radius 3 is 2.57 bits per heavy atom. The predicted molar refractivity (Wildman–Crippen MR) is 21.4 cm³/mol. The smallest absolute Gasteiger partial charge is 0.235 e. The van der Waals surface area contributed by atoms with Gasteiger partial charge in [-0.25, -0.2) is 9.18 Å². The van der Waals surface area contributed by atoms with Gasteiger partial charge in [-0.05, 0) is 0 Å². The summed E-state index contributed by atoms with van der Waals surface area (Å²) in [7, 11) is 0. The fraction of sp³-hybridized carbons (Fsp3) is 0.750. The molecule has 0 aromatic carbocycles. The van der Waals surface area contributed by atoms with E-state index >= 15 is 0 Å². The fourth-order valence-corrected chi connectivity index (χ4v) is 0.353. The third-order valence-electron chi connectivity index (χ3n) is 0.900. The second-order valence-corrected chi connectivity index (χ2v) is 1.54. The van der Waals surface area contributed by atoms with E-state index in [1.54, 1.807) is 0 Å². The Hall–Kier alpha value is -0.690. The summed E-state index contributed by atoms with van der Waals surface area (Å²) in [6.45, 7) is 0. The normalized spacial score (nSPS) is 36.7. The van der Waals surface area contributed by atoms with E-state index in [2.05, 4.69) is 4.99 Å². The highest BCUT2D eigenvalue weighted by molar-refractivity contribution is 5.35. The molecule has 1 aliphatic carbocycles. The van der Waals surface area contributed by atoms with Gasteiger partial charge in [-0.3, -0.25) is 0 Å². The van der Waals surface area contributed by atoms with Crippen LogP contribution in [0, 0.1) is 0 Å². The van der Waals surface area contributed by atoms with Crippen molar-refractivity contribution in [3.8, 4) is 0 Å². The summed E-state index contributed by atoms with van der Waals surface area (Å²) in [6, 6.07) is -0.350. The summed E-state index contributed by atoms with van der Waals surface area (Å²) in [5.41, 5.74) is 0. The number of hydrogen-bond donors (Lipinski definition) is 0. The van der Waals surface area contributed by atoms with Crippen LogP contribution in [0.15, 0.2) is 4.99 Å². The first-order valence-corrected chi connectivity index (χ1v) is 2.05. The zero-order chi connectivity index (χ0) is 5.28. The molecule has 0 aromatic heterocycles. The molecule has 0 spiro atoms. The Morgan fingerprint density at radius 2 is 2.43 bits per heavy atom. The summed E-state index contributed by atoms with van der Waals surface area (Å²) in [5.74, 6) is 0. The standard InChI is InChI=1S/C4H4FNO/c5-3-1-4(3)6-2-7/h3-4H,1H2/t3-,4+/m1/s1. The fourth-order valence-electron chi connectivity index (χ4n) is 0.353. The SMILES string of the molecule is O=C=N[C@H]1C[C@H]1F. The van der Waals surface area contributed by atoms with Crippen LogP contribution in [0.2, 0.25) is 0 Å². The molecular formula is C4H4FNO. The van der Waals surface area contributed by atoms with Crippen molar-refractivity contribution in [2.45, 2.75) is 18.6 Å². The van der Waals surface area contributed by atoms with Gasteiger partial charge in [0.25, 0.3) is 0 Å². The molecule has 0 radical (unpaired) electrons. The lowest BCUT2D eigenvalue weighted by atomic mass is 10.7. The van der Waals surface area contributed by atoms with E-state index in [-0.39, 0.29) is 6.04 Å². The molecule has 3 heteroatoms. The van der Waals surface area contributed by atoms with E-state index in [0.717, 1.165) is 0 Å². The summed E-state index contributed by atoms with van der Waals surface area (Å²) < 4.78 is 11.7. The van der Waals surface area contributed by atoms with Crippen LogP contribution in [0.5, 0.6) is 0 Å². The van der Waals surface area contributed by atoms with Crippen LogP contribution in [0.3, 0.4) is 0 Å². The molecule has 0 heterocycles. The number of nitrogens with zero attached hydrogens (tertiary/aromatic N) is 1. The van der Waals surface area contributed by atoms with Gasteiger partial charge in [0.15, 0.2) is 0 Å². The lowest BCUT2D eigenvalue weighted by Gasteiger charge is -1.68. The Morgan fingerprint density at radius 1 is 1.86 bits per heavy atom. The molecule has 2 nitrogen and oxygen atoms in total. The highest BCUT2D eigenvalue weighted by Gasteiger charge is 2.37. The molecule has 38 valence electrons. The monoisotopic (exact) mass is 101 g/mol. The van der Waals surface area contributed by atoms with Crippen molar-refractivity contribution >= 4 is 6.08 Å². The third kappa shape index (κ3) is 0.842. The maximum absolute atomic E-state index is 11.7. The van der Waals surface area contributed by atoms with Crippen molar-refractivity contribution in [2.24, 2.45) is 4.99 Å². The van der Waals surface area contributed by atoms with Gasteiger partial charge in [-0.15, -0.1) is 0 Å². The molecular weight excluding hydrogens is 97.0 g/mol. The lowest BCUT2D eigenvalue weighted by molar-refractivity contribution is 0.467. The molecule has 1 saturated carbocycles. The van der Waals surface area contributed by atoms with E-state index in [1.807, 2.05) is 0 Å². The molecule has 0 aliphatic heterocycles. The first kappa shape index (κ1) is 4.47. The van der Waals surface area contributed by atoms with Gasteiger partial charge in [0.05, 0.1) is 6.04 Å². The molecule has 0 unspecified atom stereocenters. The Kier molecular flexibility index (Phi) is 0.912. The van der Waals surface area contributed by atoms with Crippen LogP contribution in [-0.2, 0) is 4.79 Å². The summed E-state index contributed by atoms with van der Waals surface area (Å²) in [4.78, 5) is 12.5. The van der Waals surface area contributed by atoms with Crippen molar-refractivity contribution in [1.29, 1.82) is 0 Å². The zero-order valence-electron chi connectivity index (χ0n) is 3.60. The first-order chi connectivity index (χ1) is 3.34. The number of rotatable bonds is 1. The predicted octanol–water partition coefficient (Wildman–Crippen LogP) is 0.433. The number of isocyanates is 1. The summed E-state index contributed by atoms with van der Waals surface area (Å²) in [6.07, 6.45) is 0.847. The van der Waals surface area contributed by atoms with Crippen LogP contribution in [0.25, 0.3) is 0 Å². The van der Waals surface area contributed by atoms with E-state index in [0.29, 0.717) is 6.42 Å². The number of hydrogen-bond acceptors (Lipinski definition) is 2. The molecule has 0 N–H and O–H groups in total. The summed E-state index contributed by atoms with van der Waals surface area (Å²) >= 11 is 0. The lowest BCUT2D eigenvalue weighted by Crippen LogP contribution is -1.77. The largest absolute Gasteiger partial charge is 0.245 e. The molecule has 1 fully saturated rings. The van der Waals surface area contributed by atoms with Gasteiger partial charge in [0.1, 0.15) is 6.17 Å². The zero-order valence-corrected chi connectivity index (χ0v) is 3.60. The summed E-state index contributed by atoms with van der Waals surface area (Å²) in [5, 5.41) is 0. The minimum atomic E-state index is -0.860. The van der Waals surface area contributed by atoms with Crippen LogP contribution in [0.1, 0.15) is 6.42 Å². The maximum atomic E-state index is 11.7. The molecule has 1 aliphatic rings. The number of alkyl halides is 1. The minimum Gasteiger partial charge on any atom is -0.245 e. The highest BCUT2D eigenvalue weighted by Crippen LogP contribution is 2.27. The van der Waals surface area contributed by atoms with Crippen LogP contribution >= 0.6 is 0 Å². The highest BCUT2D eigenvalue weighted by atomic mass is 19.1. The second kappa shape index (κ2) is 1.43. The molecule has 0 bridgehead atoms. The quantitative estimate of drug-likeness (QED) is 0.348. The minimum absolute atomic E-state index is 0.350. The van der Waals surface area contributed by atoms with Crippen molar-refractivity contribution in [3.63, 3.8) is 0 Å². The Balaban J connectivity index is 2.34. The van der Waals surface area contributed by atoms with E-state index in [9.17, 15) is 9.18 Å². The Bertz CT molecular complexity index is 119. The number of halogens is 1. The van der Waals surface area contributed by atoms with Gasteiger partial charge in [0, 0.05) is 6.42 Å². The maximum Gasteiger partial charge on any atom is 0.235 e. The van der Waals surface area contributed by atoms with E-state index in [1.165, 1.54) is 6.08 Å². The molecule has 0 saturated heterocycles. The van der Waals surface area contributed by atoms with E-state index < -0.39 is 6.17 Å². The molecule has 0 aromatic rings. The van der Waals surface area contributed by atoms with Gasteiger partial charge < -0.3 is 0 Å². The van der Waals surface area contributed by atoms with E-state index in [4.69, 9.17) is 0 Å². The van der Waals surface area contributed by atoms with Gasteiger partial charge in [0.2, 0.25) is 6.08 Å². The molecule has 0 amide bonds. The Labute approximate surface area is 40.1 Å². The van der Waals surface area contributed by atoms with Gasteiger partial charge in [-0.1, -0.05) is 0 Å². The van der Waals surface area contributed by atoms with Gasteiger partial charge >= 0.3 is 0 Å². The van der Waals surface area contributed by atoms with Crippen molar-refractivity contribution in [2.75, 3.05) is 0 Å². The molecule has 2 atom stereocenters. The van der Waals surface area contributed by atoms with Crippen LogP contribution in [0.4, 0.5) is 4.39 Å². The topological polar surface area (TPSA) is 29.4 Å². The number of aliphatic imine (C=N–C) groups is 1. The van der Waals surface area contributed by atoms with Crippen LogP contribution < -0.4 is 0 Å². The van der Waals surface area contributed by atoms with Crippen LogP contribution in [-0.4, -0.2) is 18.3 Å². The first-order valence-electron chi connectivity index (χ1n) is 2.05. The second-order valence-electron chi connectivity index (χ2n) is 1.54. The van der Waals surface area contributed by atoms with Crippen molar-refractivity contribution < 1.29 is 9.18 Å². The van der Waals surface area contributed by atoms with Gasteiger partial charge in [-0.2, -0.15) is 4.99 Å². The number of carbonyl (C=O) groups excluding carboxylic acids is 1. The van der Waals surface area contributed by atoms with Crippen molar-refractivity contribution in [3.05, 3.63) is 0 Å². The average Bonchev–Trinajstić information content (AvgIpc) is 2.22. The average molecular weight is 101 g/mol. The molecule has 7 heavy (non-hydrogen) atoms. The van der Waals surface area contributed by atoms with Crippen molar-refractivity contribution in [1.82, 2.24) is 0 Å².